The zero-order chi connectivity index (χ0) is 16.9. The molecule has 1 saturated heterocycles. The molecule has 2 aromatic rings. The minimum Gasteiger partial charge on any atom is -0.341 e. The molecule has 2 heterocycles. The summed E-state index contributed by atoms with van der Waals surface area (Å²) in [6.07, 6.45) is 0.219. The Labute approximate surface area is 147 Å². The van der Waals surface area contributed by atoms with Crippen molar-refractivity contribution in [3.8, 4) is 0 Å². The number of benzene rings is 1. The molecular formula is C16H16FN3O2S2. The number of amides is 2. The monoisotopic (exact) mass is 365 g/mol. The summed E-state index contributed by atoms with van der Waals surface area (Å²) in [5, 5.41) is 4.68. The molecule has 126 valence electrons. The van der Waals surface area contributed by atoms with Gasteiger partial charge in [0.2, 0.25) is 5.91 Å². The Morgan fingerprint density at radius 1 is 1.25 bits per heavy atom. The van der Waals surface area contributed by atoms with Crippen LogP contribution in [0.3, 0.4) is 0 Å². The number of nitrogens with zero attached hydrogens (tertiary/aromatic N) is 2. The van der Waals surface area contributed by atoms with Gasteiger partial charge in [-0.2, -0.15) is 11.8 Å². The van der Waals surface area contributed by atoms with Crippen LogP contribution in [0.25, 0.3) is 0 Å². The van der Waals surface area contributed by atoms with E-state index in [0.29, 0.717) is 10.8 Å². The van der Waals surface area contributed by atoms with Gasteiger partial charge in [-0.25, -0.2) is 9.37 Å². The molecule has 1 aliphatic rings. The Kier molecular flexibility index (Phi) is 5.47. The van der Waals surface area contributed by atoms with E-state index in [9.17, 15) is 14.0 Å². The van der Waals surface area contributed by atoms with Crippen molar-refractivity contribution >= 4 is 40.0 Å². The maximum absolute atomic E-state index is 13.6. The van der Waals surface area contributed by atoms with Gasteiger partial charge in [0, 0.05) is 30.0 Å². The second kappa shape index (κ2) is 7.76. The number of thiazole rings is 1. The summed E-state index contributed by atoms with van der Waals surface area (Å²) >= 11 is 3.07. The lowest BCUT2D eigenvalue weighted by Crippen LogP contribution is -2.38. The molecule has 0 radical (unpaired) electrons. The molecule has 1 fully saturated rings. The Morgan fingerprint density at radius 2 is 2.00 bits per heavy atom. The molecule has 0 spiro atoms. The molecule has 0 aliphatic carbocycles. The normalized spacial score (nSPS) is 14.5. The fraction of sp³-hybridized carbons (Fsp3) is 0.312. The van der Waals surface area contributed by atoms with Crippen LogP contribution in [0, 0.1) is 5.82 Å². The summed E-state index contributed by atoms with van der Waals surface area (Å²) < 4.78 is 13.6. The quantitative estimate of drug-likeness (QED) is 0.905. The van der Waals surface area contributed by atoms with Crippen molar-refractivity contribution < 1.29 is 14.0 Å². The van der Waals surface area contributed by atoms with Gasteiger partial charge < -0.3 is 4.90 Å². The van der Waals surface area contributed by atoms with E-state index >= 15 is 0 Å². The number of halogens is 1. The Balaban J connectivity index is 1.60. The van der Waals surface area contributed by atoms with Gasteiger partial charge in [-0.15, -0.1) is 11.3 Å². The molecule has 2 amide bonds. The summed E-state index contributed by atoms with van der Waals surface area (Å²) in [5.41, 5.74) is 0.586. The Hall–Kier alpha value is -1.93. The van der Waals surface area contributed by atoms with Gasteiger partial charge in [0.1, 0.15) is 5.82 Å². The average molecular weight is 365 g/mol. The molecule has 0 atom stereocenters. The van der Waals surface area contributed by atoms with E-state index < -0.39 is 11.7 Å². The largest absolute Gasteiger partial charge is 0.341 e. The number of carbonyl (C=O) groups is 2. The van der Waals surface area contributed by atoms with Gasteiger partial charge in [-0.05, 0) is 12.1 Å². The van der Waals surface area contributed by atoms with E-state index in [4.69, 9.17) is 0 Å². The van der Waals surface area contributed by atoms with Gasteiger partial charge in [0.15, 0.2) is 5.13 Å². The molecule has 1 aromatic carbocycles. The summed E-state index contributed by atoms with van der Waals surface area (Å²) in [6, 6.07) is 5.77. The van der Waals surface area contributed by atoms with Crippen molar-refractivity contribution in [2.45, 2.75) is 6.42 Å². The van der Waals surface area contributed by atoms with Crippen LogP contribution >= 0.6 is 23.1 Å². The highest BCUT2D eigenvalue weighted by molar-refractivity contribution is 7.99. The predicted octanol–water partition coefficient (Wildman–Crippen LogP) is 2.65. The third-order valence-electron chi connectivity index (χ3n) is 3.59. The minimum absolute atomic E-state index is 0.0313. The van der Waals surface area contributed by atoms with E-state index in [2.05, 4.69) is 10.3 Å². The van der Waals surface area contributed by atoms with Crippen LogP contribution in [0.15, 0.2) is 29.6 Å². The molecule has 0 saturated carbocycles. The van der Waals surface area contributed by atoms with Crippen LogP contribution in [0.4, 0.5) is 9.52 Å². The van der Waals surface area contributed by atoms with Gasteiger partial charge in [-0.3, -0.25) is 14.9 Å². The maximum atomic E-state index is 13.6. The van der Waals surface area contributed by atoms with Crippen molar-refractivity contribution in [1.82, 2.24) is 9.88 Å². The molecule has 3 rings (SSSR count). The van der Waals surface area contributed by atoms with Gasteiger partial charge in [0.05, 0.1) is 17.7 Å². The van der Waals surface area contributed by atoms with E-state index in [1.54, 1.807) is 11.4 Å². The number of thioether (sulfide) groups is 1. The number of aromatic nitrogens is 1. The molecule has 0 unspecified atom stereocenters. The number of nitrogens with one attached hydrogen (secondary N) is 1. The number of anilines is 1. The average Bonchev–Trinajstić information content (AvgIpc) is 3.02. The van der Waals surface area contributed by atoms with Crippen molar-refractivity contribution in [3.63, 3.8) is 0 Å². The van der Waals surface area contributed by atoms with E-state index in [1.807, 2.05) is 16.7 Å². The number of rotatable bonds is 4. The van der Waals surface area contributed by atoms with E-state index in [-0.39, 0.29) is 17.9 Å². The predicted molar refractivity (Wildman–Crippen MR) is 94.1 cm³/mol. The molecule has 1 aliphatic heterocycles. The highest BCUT2D eigenvalue weighted by Crippen LogP contribution is 2.19. The topological polar surface area (TPSA) is 62.3 Å². The second-order valence-electron chi connectivity index (χ2n) is 5.25. The van der Waals surface area contributed by atoms with Crippen LogP contribution in [0.5, 0.6) is 0 Å². The standard InChI is InChI=1S/C16H16FN3O2S2/c17-13-4-2-1-3-12(13)15(22)19-16-18-11(10-24-16)9-14(21)20-5-7-23-8-6-20/h1-4,10H,5-9H2,(H,18,19,22). The first-order valence-corrected chi connectivity index (χ1v) is 9.53. The highest BCUT2D eigenvalue weighted by Gasteiger charge is 2.19. The summed E-state index contributed by atoms with van der Waals surface area (Å²) in [7, 11) is 0. The molecule has 8 heteroatoms. The molecule has 5 nitrogen and oxygen atoms in total. The lowest BCUT2D eigenvalue weighted by molar-refractivity contribution is -0.130. The first kappa shape index (κ1) is 16.9. The fourth-order valence-corrected chi connectivity index (χ4v) is 3.94. The van der Waals surface area contributed by atoms with Crippen LogP contribution < -0.4 is 5.32 Å². The number of carbonyl (C=O) groups excluding carboxylic acids is 2. The lowest BCUT2D eigenvalue weighted by Gasteiger charge is -2.26. The molecule has 0 bridgehead atoms. The molecule has 1 N–H and O–H groups in total. The van der Waals surface area contributed by atoms with Crippen molar-refractivity contribution in [2.75, 3.05) is 29.9 Å². The summed E-state index contributed by atoms with van der Waals surface area (Å²) in [5.74, 6) is 0.852. The van der Waals surface area contributed by atoms with Crippen LogP contribution in [0.2, 0.25) is 0 Å². The van der Waals surface area contributed by atoms with E-state index in [1.165, 1.54) is 29.5 Å². The first-order valence-electron chi connectivity index (χ1n) is 7.49. The van der Waals surface area contributed by atoms with Gasteiger partial charge in [0.25, 0.3) is 5.91 Å². The number of hydrogen-bond acceptors (Lipinski definition) is 5. The van der Waals surface area contributed by atoms with Crippen molar-refractivity contribution in [3.05, 3.63) is 46.7 Å². The first-order chi connectivity index (χ1) is 11.6. The second-order valence-corrected chi connectivity index (χ2v) is 7.33. The summed E-state index contributed by atoms with van der Waals surface area (Å²) in [4.78, 5) is 30.4. The van der Waals surface area contributed by atoms with E-state index in [0.717, 1.165) is 24.6 Å². The Morgan fingerprint density at radius 3 is 2.75 bits per heavy atom. The number of hydrogen-bond donors (Lipinski definition) is 1. The van der Waals surface area contributed by atoms with Crippen LogP contribution in [-0.2, 0) is 11.2 Å². The van der Waals surface area contributed by atoms with Crippen LogP contribution in [-0.4, -0.2) is 46.3 Å². The smallest absolute Gasteiger partial charge is 0.260 e. The Bertz CT molecular complexity index is 744. The highest BCUT2D eigenvalue weighted by atomic mass is 32.2. The lowest BCUT2D eigenvalue weighted by atomic mass is 10.2. The zero-order valence-corrected chi connectivity index (χ0v) is 14.5. The third-order valence-corrected chi connectivity index (χ3v) is 5.34. The maximum Gasteiger partial charge on any atom is 0.260 e. The fourth-order valence-electron chi connectivity index (χ4n) is 2.33. The minimum atomic E-state index is -0.579. The van der Waals surface area contributed by atoms with Crippen molar-refractivity contribution in [2.24, 2.45) is 0 Å². The SMILES string of the molecule is O=C(Nc1nc(CC(=O)N2CCSCC2)cs1)c1ccccc1F. The van der Waals surface area contributed by atoms with Crippen molar-refractivity contribution in [1.29, 1.82) is 0 Å². The zero-order valence-electron chi connectivity index (χ0n) is 12.8. The van der Waals surface area contributed by atoms with Crippen LogP contribution in [0.1, 0.15) is 16.1 Å². The summed E-state index contributed by atoms with van der Waals surface area (Å²) in [6.45, 7) is 1.54. The van der Waals surface area contributed by atoms with Gasteiger partial charge in [-0.1, -0.05) is 12.1 Å². The molecule has 24 heavy (non-hydrogen) atoms. The third kappa shape index (κ3) is 4.12. The molecule has 1 aromatic heterocycles. The van der Waals surface area contributed by atoms with Gasteiger partial charge >= 0.3 is 0 Å². The molecular weight excluding hydrogens is 349 g/mol.